The smallest absolute Gasteiger partial charge is 0.250 e. The maximum absolute atomic E-state index is 12.1. The molecule has 1 aliphatic rings. The Morgan fingerprint density at radius 3 is 2.64 bits per heavy atom. The number of amides is 2. The number of anilines is 1. The van der Waals surface area contributed by atoms with Crippen LogP contribution < -0.4 is 20.3 Å². The molecule has 1 aromatic carbocycles. The van der Waals surface area contributed by atoms with Crippen molar-refractivity contribution in [3.8, 4) is 5.75 Å². The van der Waals surface area contributed by atoms with Gasteiger partial charge in [-0.3, -0.25) is 9.59 Å². The standard InChI is InChI=1S/C16H21N3O3/c1-11(20)17-6-7-18-16(21)13-8-12-9-14(19(2)3)4-5-15(12)22-10-13/h4-5,8-9H,6-7,10H2,1-3H3,(H,17,20)(H,18,21). The highest BCUT2D eigenvalue weighted by molar-refractivity contribution is 5.99. The summed E-state index contributed by atoms with van der Waals surface area (Å²) >= 11 is 0. The van der Waals surface area contributed by atoms with E-state index in [1.54, 1.807) is 0 Å². The van der Waals surface area contributed by atoms with E-state index in [9.17, 15) is 9.59 Å². The van der Waals surface area contributed by atoms with Gasteiger partial charge in [-0.1, -0.05) is 0 Å². The van der Waals surface area contributed by atoms with E-state index in [2.05, 4.69) is 10.6 Å². The van der Waals surface area contributed by atoms with E-state index in [0.29, 0.717) is 18.7 Å². The predicted octanol–water partition coefficient (Wildman–Crippen LogP) is 0.781. The van der Waals surface area contributed by atoms with E-state index < -0.39 is 0 Å². The predicted molar refractivity (Wildman–Crippen MR) is 85.9 cm³/mol. The van der Waals surface area contributed by atoms with E-state index in [-0.39, 0.29) is 18.4 Å². The molecule has 0 fully saturated rings. The van der Waals surface area contributed by atoms with E-state index in [0.717, 1.165) is 17.0 Å². The van der Waals surface area contributed by atoms with Gasteiger partial charge < -0.3 is 20.3 Å². The van der Waals surface area contributed by atoms with Gasteiger partial charge in [-0.05, 0) is 24.3 Å². The molecule has 0 bridgehead atoms. The zero-order valence-electron chi connectivity index (χ0n) is 13.1. The quantitative estimate of drug-likeness (QED) is 0.789. The van der Waals surface area contributed by atoms with Crippen molar-refractivity contribution in [3.63, 3.8) is 0 Å². The van der Waals surface area contributed by atoms with Crippen molar-refractivity contribution < 1.29 is 14.3 Å². The van der Waals surface area contributed by atoms with Crippen LogP contribution in [0.3, 0.4) is 0 Å². The minimum absolute atomic E-state index is 0.111. The van der Waals surface area contributed by atoms with Crippen LogP contribution >= 0.6 is 0 Å². The molecule has 2 amide bonds. The van der Waals surface area contributed by atoms with Gasteiger partial charge in [0.05, 0.1) is 5.57 Å². The molecule has 0 spiro atoms. The van der Waals surface area contributed by atoms with Crippen LogP contribution in [-0.2, 0) is 9.59 Å². The van der Waals surface area contributed by atoms with Gasteiger partial charge in [0.15, 0.2) is 0 Å². The zero-order chi connectivity index (χ0) is 16.1. The molecule has 6 nitrogen and oxygen atoms in total. The average Bonchev–Trinajstić information content (AvgIpc) is 2.50. The second-order valence-electron chi connectivity index (χ2n) is 5.31. The van der Waals surface area contributed by atoms with Crippen molar-refractivity contribution in [3.05, 3.63) is 29.3 Å². The fourth-order valence-corrected chi connectivity index (χ4v) is 2.10. The second kappa shape index (κ2) is 6.98. The molecule has 0 atom stereocenters. The Balaban J connectivity index is 2.02. The van der Waals surface area contributed by atoms with E-state index >= 15 is 0 Å². The number of benzene rings is 1. The number of fused-ring (bicyclic) bond motifs is 1. The van der Waals surface area contributed by atoms with Gasteiger partial charge >= 0.3 is 0 Å². The largest absolute Gasteiger partial charge is 0.488 e. The third-order valence-corrected chi connectivity index (χ3v) is 3.30. The topological polar surface area (TPSA) is 70.7 Å². The molecule has 0 saturated carbocycles. The van der Waals surface area contributed by atoms with Crippen LogP contribution in [-0.4, -0.2) is 45.6 Å². The lowest BCUT2D eigenvalue weighted by molar-refractivity contribution is -0.120. The van der Waals surface area contributed by atoms with Crippen molar-refractivity contribution in [2.75, 3.05) is 38.7 Å². The molecule has 22 heavy (non-hydrogen) atoms. The highest BCUT2D eigenvalue weighted by atomic mass is 16.5. The lowest BCUT2D eigenvalue weighted by Gasteiger charge is -2.20. The van der Waals surface area contributed by atoms with Gasteiger partial charge in [-0.2, -0.15) is 0 Å². The first-order valence-corrected chi connectivity index (χ1v) is 7.15. The molecule has 2 rings (SSSR count). The fourth-order valence-electron chi connectivity index (χ4n) is 2.10. The maximum Gasteiger partial charge on any atom is 0.250 e. The summed E-state index contributed by atoms with van der Waals surface area (Å²) in [5.41, 5.74) is 2.52. The summed E-state index contributed by atoms with van der Waals surface area (Å²) in [6.45, 7) is 2.50. The summed E-state index contributed by atoms with van der Waals surface area (Å²) in [4.78, 5) is 24.8. The Bertz CT molecular complexity index is 609. The number of nitrogens with zero attached hydrogens (tertiary/aromatic N) is 1. The zero-order valence-corrected chi connectivity index (χ0v) is 13.1. The highest BCUT2D eigenvalue weighted by Crippen LogP contribution is 2.29. The number of nitrogens with one attached hydrogen (secondary N) is 2. The summed E-state index contributed by atoms with van der Waals surface area (Å²) in [6, 6.07) is 5.87. The number of hydrogen-bond acceptors (Lipinski definition) is 4. The molecule has 0 radical (unpaired) electrons. The van der Waals surface area contributed by atoms with Gasteiger partial charge in [0.2, 0.25) is 5.91 Å². The lowest BCUT2D eigenvalue weighted by atomic mass is 10.1. The molecule has 0 aromatic heterocycles. The summed E-state index contributed by atoms with van der Waals surface area (Å²) in [5, 5.41) is 5.39. The molecule has 0 saturated heterocycles. The third-order valence-electron chi connectivity index (χ3n) is 3.30. The van der Waals surface area contributed by atoms with Crippen LogP contribution in [0.25, 0.3) is 6.08 Å². The Morgan fingerprint density at radius 2 is 1.95 bits per heavy atom. The third kappa shape index (κ3) is 4.00. The molecule has 0 aliphatic carbocycles. The first kappa shape index (κ1) is 15.9. The van der Waals surface area contributed by atoms with Crippen LogP contribution in [0, 0.1) is 0 Å². The Labute approximate surface area is 130 Å². The van der Waals surface area contributed by atoms with E-state index in [1.807, 2.05) is 43.3 Å². The number of carbonyl (C=O) groups excluding carboxylic acids is 2. The molecule has 2 N–H and O–H groups in total. The first-order valence-electron chi connectivity index (χ1n) is 7.15. The molecule has 1 heterocycles. The van der Waals surface area contributed by atoms with Crippen molar-refractivity contribution >= 4 is 23.6 Å². The SMILES string of the molecule is CC(=O)NCCNC(=O)C1=Cc2cc(N(C)C)ccc2OC1. The number of carbonyl (C=O) groups is 2. The minimum atomic E-state index is -0.175. The maximum atomic E-state index is 12.1. The van der Waals surface area contributed by atoms with Crippen LogP contribution in [0.15, 0.2) is 23.8 Å². The van der Waals surface area contributed by atoms with Crippen LogP contribution in [0.1, 0.15) is 12.5 Å². The van der Waals surface area contributed by atoms with Gasteiger partial charge in [0.25, 0.3) is 5.91 Å². The lowest BCUT2D eigenvalue weighted by Crippen LogP contribution is -2.35. The van der Waals surface area contributed by atoms with Crippen molar-refractivity contribution in [1.82, 2.24) is 10.6 Å². The normalized spacial score (nSPS) is 12.6. The minimum Gasteiger partial charge on any atom is -0.488 e. The Hall–Kier alpha value is -2.50. The first-order chi connectivity index (χ1) is 10.5. The van der Waals surface area contributed by atoms with Gasteiger partial charge in [0.1, 0.15) is 12.4 Å². The highest BCUT2D eigenvalue weighted by Gasteiger charge is 2.17. The second-order valence-corrected chi connectivity index (χ2v) is 5.31. The molecule has 6 heteroatoms. The molecule has 0 unspecified atom stereocenters. The van der Waals surface area contributed by atoms with Gasteiger partial charge in [-0.15, -0.1) is 0 Å². The van der Waals surface area contributed by atoms with E-state index in [4.69, 9.17) is 4.74 Å². The monoisotopic (exact) mass is 303 g/mol. The average molecular weight is 303 g/mol. The Morgan fingerprint density at radius 1 is 1.23 bits per heavy atom. The Kier molecular flexibility index (Phi) is 5.04. The molecular formula is C16H21N3O3. The van der Waals surface area contributed by atoms with Crippen LogP contribution in [0.5, 0.6) is 5.75 Å². The van der Waals surface area contributed by atoms with Gasteiger partial charge in [0, 0.05) is 45.4 Å². The van der Waals surface area contributed by atoms with E-state index in [1.165, 1.54) is 6.92 Å². The molecule has 1 aliphatic heterocycles. The number of hydrogen-bond donors (Lipinski definition) is 2. The van der Waals surface area contributed by atoms with Crippen molar-refractivity contribution in [2.45, 2.75) is 6.92 Å². The number of rotatable bonds is 5. The summed E-state index contributed by atoms with van der Waals surface area (Å²) in [7, 11) is 3.93. The summed E-state index contributed by atoms with van der Waals surface area (Å²) in [6.07, 6.45) is 1.85. The van der Waals surface area contributed by atoms with Crippen LogP contribution in [0.2, 0.25) is 0 Å². The van der Waals surface area contributed by atoms with Crippen LogP contribution in [0.4, 0.5) is 5.69 Å². The van der Waals surface area contributed by atoms with Crippen molar-refractivity contribution in [2.24, 2.45) is 0 Å². The van der Waals surface area contributed by atoms with Crippen molar-refractivity contribution in [1.29, 1.82) is 0 Å². The summed E-state index contributed by atoms with van der Waals surface area (Å²) in [5.74, 6) is 0.492. The number of ether oxygens (including phenoxy) is 1. The fraction of sp³-hybridized carbons (Fsp3) is 0.375. The van der Waals surface area contributed by atoms with Gasteiger partial charge in [-0.25, -0.2) is 0 Å². The molecule has 1 aromatic rings. The molecule has 118 valence electrons. The summed E-state index contributed by atoms with van der Waals surface area (Å²) < 4.78 is 5.62. The molecular weight excluding hydrogens is 282 g/mol.